The average Bonchev–Trinajstić information content (AvgIpc) is 2.27. The first-order valence-electron chi connectivity index (χ1n) is 4.98. The van der Waals surface area contributed by atoms with Gasteiger partial charge in [-0.15, -0.1) is 11.8 Å². The fourth-order valence-electron chi connectivity index (χ4n) is 1.49. The number of hydrogen-bond donors (Lipinski definition) is 1. The Morgan fingerprint density at radius 1 is 1.47 bits per heavy atom. The van der Waals surface area contributed by atoms with Gasteiger partial charge in [-0.1, -0.05) is 22.0 Å². The Labute approximate surface area is 113 Å². The normalized spacial score (nSPS) is 12.2. The van der Waals surface area contributed by atoms with Crippen molar-refractivity contribution in [2.45, 2.75) is 23.1 Å². The Bertz CT molecular complexity index is 445. The van der Waals surface area contributed by atoms with Crippen LogP contribution in [0.5, 0.6) is 0 Å². The SMILES string of the molecule is CSc1ccc(C(Br)C(C)=O)c(CC(=O)O)c1. The molecule has 3 nitrogen and oxygen atoms in total. The van der Waals surface area contributed by atoms with Gasteiger partial charge in [-0.2, -0.15) is 0 Å². The molecule has 0 aliphatic rings. The van der Waals surface area contributed by atoms with E-state index in [4.69, 9.17) is 5.11 Å². The van der Waals surface area contributed by atoms with Crippen LogP contribution in [0.1, 0.15) is 22.9 Å². The second kappa shape index (κ2) is 6.21. The van der Waals surface area contributed by atoms with Gasteiger partial charge in [0.15, 0.2) is 0 Å². The van der Waals surface area contributed by atoms with E-state index in [1.54, 1.807) is 11.8 Å². The molecular formula is C12H13BrO3S. The molecule has 0 saturated heterocycles. The third-order valence-corrected chi connectivity index (χ3v) is 4.19. The number of benzene rings is 1. The van der Waals surface area contributed by atoms with E-state index in [1.807, 2.05) is 24.5 Å². The number of halogens is 1. The smallest absolute Gasteiger partial charge is 0.307 e. The second-order valence-electron chi connectivity index (χ2n) is 3.61. The van der Waals surface area contributed by atoms with Crippen LogP contribution in [0.4, 0.5) is 0 Å². The minimum absolute atomic E-state index is 0.0338. The van der Waals surface area contributed by atoms with E-state index in [1.165, 1.54) is 6.92 Å². The number of aliphatic carboxylic acids is 1. The molecule has 1 aromatic rings. The van der Waals surface area contributed by atoms with Crippen LogP contribution in [0.15, 0.2) is 23.1 Å². The molecule has 0 spiro atoms. The van der Waals surface area contributed by atoms with E-state index >= 15 is 0 Å². The molecule has 1 aromatic carbocycles. The van der Waals surface area contributed by atoms with Crippen molar-refractivity contribution in [1.82, 2.24) is 0 Å². The summed E-state index contributed by atoms with van der Waals surface area (Å²) in [4.78, 5) is 22.7. The van der Waals surface area contributed by atoms with Crippen molar-refractivity contribution in [1.29, 1.82) is 0 Å². The van der Waals surface area contributed by atoms with Gasteiger partial charge >= 0.3 is 5.97 Å². The lowest BCUT2D eigenvalue weighted by Crippen LogP contribution is -2.08. The van der Waals surface area contributed by atoms with Gasteiger partial charge in [0, 0.05) is 4.90 Å². The fourth-order valence-corrected chi connectivity index (χ4v) is 2.40. The number of carbonyl (C=O) groups excluding carboxylic acids is 1. The summed E-state index contributed by atoms with van der Waals surface area (Å²) in [6, 6.07) is 5.53. The molecule has 1 atom stereocenters. The molecule has 1 N–H and O–H groups in total. The van der Waals surface area contributed by atoms with Crippen molar-refractivity contribution in [3.8, 4) is 0 Å². The molecule has 1 rings (SSSR count). The lowest BCUT2D eigenvalue weighted by molar-refractivity contribution is -0.136. The Hall–Kier alpha value is -0.810. The van der Waals surface area contributed by atoms with Gasteiger partial charge in [0.1, 0.15) is 5.78 Å². The molecule has 0 aliphatic heterocycles. The standard InChI is InChI=1S/C12H13BrO3S/c1-7(14)12(13)10-4-3-9(17-2)5-8(10)6-11(15)16/h3-5,12H,6H2,1-2H3,(H,15,16). The third-order valence-electron chi connectivity index (χ3n) is 2.32. The van der Waals surface area contributed by atoms with Crippen molar-refractivity contribution >= 4 is 39.4 Å². The van der Waals surface area contributed by atoms with Crippen molar-refractivity contribution in [2.24, 2.45) is 0 Å². The third kappa shape index (κ3) is 3.85. The molecule has 5 heteroatoms. The lowest BCUT2D eigenvalue weighted by atomic mass is 10.0. The largest absolute Gasteiger partial charge is 0.481 e. The van der Waals surface area contributed by atoms with Gasteiger partial charge in [-0.05, 0) is 36.4 Å². The summed E-state index contributed by atoms with van der Waals surface area (Å²) in [5, 5.41) is 8.87. The Morgan fingerprint density at radius 3 is 2.59 bits per heavy atom. The van der Waals surface area contributed by atoms with Gasteiger partial charge in [-0.25, -0.2) is 0 Å². The number of Topliss-reactive ketones (excluding diaryl/α,β-unsaturated/α-hetero) is 1. The summed E-state index contributed by atoms with van der Waals surface area (Å²) in [5.74, 6) is -0.929. The van der Waals surface area contributed by atoms with E-state index in [9.17, 15) is 9.59 Å². The van der Waals surface area contributed by atoms with E-state index in [2.05, 4.69) is 15.9 Å². The van der Waals surface area contributed by atoms with Crippen LogP contribution in [0, 0.1) is 0 Å². The van der Waals surface area contributed by atoms with Gasteiger partial charge < -0.3 is 5.11 Å². The van der Waals surface area contributed by atoms with Crippen molar-refractivity contribution in [2.75, 3.05) is 6.26 Å². The lowest BCUT2D eigenvalue weighted by Gasteiger charge is -2.13. The maximum absolute atomic E-state index is 11.3. The maximum atomic E-state index is 11.3. The molecule has 92 valence electrons. The highest BCUT2D eigenvalue weighted by Gasteiger charge is 2.18. The highest BCUT2D eigenvalue weighted by atomic mass is 79.9. The van der Waals surface area contributed by atoms with Crippen molar-refractivity contribution < 1.29 is 14.7 Å². The van der Waals surface area contributed by atoms with Crippen LogP contribution in [-0.2, 0) is 16.0 Å². The minimum Gasteiger partial charge on any atom is -0.481 e. The summed E-state index contributed by atoms with van der Waals surface area (Å²) < 4.78 is 0. The topological polar surface area (TPSA) is 54.4 Å². The Kier molecular flexibility index (Phi) is 5.21. The fraction of sp³-hybridized carbons (Fsp3) is 0.333. The summed E-state index contributed by atoms with van der Waals surface area (Å²) in [7, 11) is 0. The van der Waals surface area contributed by atoms with E-state index in [-0.39, 0.29) is 12.2 Å². The van der Waals surface area contributed by atoms with Gasteiger partial charge in [0.2, 0.25) is 0 Å². The molecule has 0 heterocycles. The first-order chi connectivity index (χ1) is 7.95. The summed E-state index contributed by atoms with van der Waals surface area (Å²) in [5.41, 5.74) is 1.42. The number of carboxylic acids is 1. The molecule has 0 radical (unpaired) electrons. The molecule has 0 aliphatic carbocycles. The van der Waals surface area contributed by atoms with Crippen LogP contribution >= 0.6 is 27.7 Å². The van der Waals surface area contributed by atoms with Crippen LogP contribution in [0.2, 0.25) is 0 Å². The zero-order valence-electron chi connectivity index (χ0n) is 9.57. The second-order valence-corrected chi connectivity index (χ2v) is 5.40. The molecule has 1 unspecified atom stereocenters. The first-order valence-corrected chi connectivity index (χ1v) is 7.13. The average molecular weight is 317 g/mol. The quantitative estimate of drug-likeness (QED) is 0.670. The number of hydrogen-bond acceptors (Lipinski definition) is 3. The molecule has 0 fully saturated rings. The monoisotopic (exact) mass is 316 g/mol. The zero-order valence-corrected chi connectivity index (χ0v) is 12.0. The van der Waals surface area contributed by atoms with Gasteiger partial charge in [0.25, 0.3) is 0 Å². The summed E-state index contributed by atoms with van der Waals surface area (Å²) >= 11 is 4.83. The number of alkyl halides is 1. The Morgan fingerprint density at radius 2 is 2.12 bits per heavy atom. The molecule has 0 saturated carbocycles. The Balaban J connectivity index is 3.18. The number of ketones is 1. The number of thioether (sulfide) groups is 1. The van der Waals surface area contributed by atoms with Crippen LogP contribution < -0.4 is 0 Å². The predicted octanol–water partition coefficient (Wildman–Crippen LogP) is 3.06. The van der Waals surface area contributed by atoms with Crippen molar-refractivity contribution in [3.05, 3.63) is 29.3 Å². The van der Waals surface area contributed by atoms with Crippen molar-refractivity contribution in [3.63, 3.8) is 0 Å². The van der Waals surface area contributed by atoms with Gasteiger partial charge in [-0.3, -0.25) is 9.59 Å². The number of carbonyl (C=O) groups is 2. The molecular weight excluding hydrogens is 304 g/mol. The zero-order chi connectivity index (χ0) is 13.0. The predicted molar refractivity (Wildman–Crippen MR) is 71.9 cm³/mol. The van der Waals surface area contributed by atoms with E-state index in [0.717, 1.165) is 10.5 Å². The molecule has 0 bridgehead atoms. The molecule has 0 amide bonds. The van der Waals surface area contributed by atoms with Crippen LogP contribution in [0.25, 0.3) is 0 Å². The summed E-state index contributed by atoms with van der Waals surface area (Å²) in [6.07, 6.45) is 1.86. The van der Waals surface area contributed by atoms with Crippen LogP contribution in [0.3, 0.4) is 0 Å². The highest BCUT2D eigenvalue weighted by molar-refractivity contribution is 9.09. The number of carboxylic acid groups (broad SMARTS) is 1. The number of rotatable bonds is 5. The van der Waals surface area contributed by atoms with E-state index in [0.29, 0.717) is 5.56 Å². The van der Waals surface area contributed by atoms with Gasteiger partial charge in [0.05, 0.1) is 11.2 Å². The first kappa shape index (κ1) is 14.3. The van der Waals surface area contributed by atoms with Crippen LogP contribution in [-0.4, -0.2) is 23.1 Å². The molecule has 0 aromatic heterocycles. The minimum atomic E-state index is -0.896. The maximum Gasteiger partial charge on any atom is 0.307 e. The van der Waals surface area contributed by atoms with E-state index < -0.39 is 10.8 Å². The summed E-state index contributed by atoms with van der Waals surface area (Å²) in [6.45, 7) is 1.48. The highest BCUT2D eigenvalue weighted by Crippen LogP contribution is 2.30. The molecule has 17 heavy (non-hydrogen) atoms.